The molecule has 0 aliphatic carbocycles. The average molecular weight is 643 g/mol. The van der Waals surface area contributed by atoms with Gasteiger partial charge in [0.25, 0.3) is 0 Å². The van der Waals surface area contributed by atoms with Gasteiger partial charge in [0.2, 0.25) is 0 Å². The highest BCUT2D eigenvalue weighted by Gasteiger charge is 2.16. The molecule has 0 saturated heterocycles. The summed E-state index contributed by atoms with van der Waals surface area (Å²) in [7, 11) is 0. The number of hydrogen-bond donors (Lipinski definition) is 0. The van der Waals surface area contributed by atoms with Gasteiger partial charge in [0.15, 0.2) is 11.6 Å². The molecule has 0 spiro atoms. The van der Waals surface area contributed by atoms with Crippen LogP contribution >= 0.6 is 0 Å². The second kappa shape index (κ2) is 12.5. The Labute approximate surface area is 287 Å². The van der Waals surface area contributed by atoms with Gasteiger partial charge in [-0.15, -0.1) is 0 Å². The van der Waals surface area contributed by atoms with Crippen LogP contribution in [0.5, 0.6) is 0 Å². The lowest BCUT2D eigenvalue weighted by Crippen LogP contribution is -1.97. The SMILES string of the molecule is c1ccc(-c2nc(-c3cnccn3)c3cc(-c4cccc(-c5ccc6nc(-c7ccccc7)nc(-c7cnccn7)c6c5)c4)ccc3n2)cc1. The molecule has 4 aromatic heterocycles. The van der Waals surface area contributed by atoms with Crippen molar-refractivity contribution in [2.24, 2.45) is 0 Å². The second-order valence-electron chi connectivity index (χ2n) is 11.7. The molecule has 9 rings (SSSR count). The zero-order valence-electron chi connectivity index (χ0n) is 26.6. The lowest BCUT2D eigenvalue weighted by Gasteiger charge is -2.12. The Balaban J connectivity index is 1.15. The van der Waals surface area contributed by atoms with Gasteiger partial charge < -0.3 is 0 Å². The molecule has 5 aromatic carbocycles. The van der Waals surface area contributed by atoms with Crippen molar-refractivity contribution in [3.63, 3.8) is 0 Å². The zero-order chi connectivity index (χ0) is 33.3. The molecule has 0 aliphatic rings. The highest BCUT2D eigenvalue weighted by Crippen LogP contribution is 2.35. The van der Waals surface area contributed by atoms with E-state index < -0.39 is 0 Å². The molecule has 8 heteroatoms. The zero-order valence-corrected chi connectivity index (χ0v) is 26.6. The fraction of sp³-hybridized carbons (Fsp3) is 0. The first-order valence-corrected chi connectivity index (χ1v) is 16.1. The normalized spacial score (nSPS) is 11.2. The molecule has 0 fully saturated rings. The van der Waals surface area contributed by atoms with Gasteiger partial charge in [-0.05, 0) is 52.6 Å². The molecule has 0 unspecified atom stereocenters. The molecule has 9 aromatic rings. The molecule has 0 saturated carbocycles. The van der Waals surface area contributed by atoms with E-state index in [0.29, 0.717) is 23.0 Å². The maximum Gasteiger partial charge on any atom is 0.160 e. The van der Waals surface area contributed by atoms with Crippen molar-refractivity contribution in [1.82, 2.24) is 39.9 Å². The van der Waals surface area contributed by atoms with E-state index in [4.69, 9.17) is 19.9 Å². The van der Waals surface area contributed by atoms with Gasteiger partial charge in [-0.1, -0.05) is 91.0 Å². The molecule has 0 aliphatic heterocycles. The quantitative estimate of drug-likeness (QED) is 0.177. The standard InChI is InChI=1S/C42H26N8/c1-3-8-27(9-4-1)41-47-35-16-14-31(23-33(35)39(49-41)37-25-43-18-20-45-37)29-12-7-13-30(22-29)32-15-17-36-34(24-32)40(38-26-44-19-21-46-38)50-42(48-36)28-10-5-2-6-11-28/h1-26H. The third-order valence-electron chi connectivity index (χ3n) is 8.60. The summed E-state index contributed by atoms with van der Waals surface area (Å²) in [6.45, 7) is 0. The molecule has 50 heavy (non-hydrogen) atoms. The summed E-state index contributed by atoms with van der Waals surface area (Å²) in [6.07, 6.45) is 10.2. The van der Waals surface area contributed by atoms with Crippen LogP contribution in [0.2, 0.25) is 0 Å². The highest BCUT2D eigenvalue weighted by atomic mass is 14.9. The van der Waals surface area contributed by atoms with Crippen LogP contribution in [-0.2, 0) is 0 Å². The molecular formula is C42H26N8. The van der Waals surface area contributed by atoms with Crippen LogP contribution < -0.4 is 0 Å². The molecule has 0 amide bonds. The number of aromatic nitrogens is 8. The third-order valence-corrected chi connectivity index (χ3v) is 8.60. The number of fused-ring (bicyclic) bond motifs is 2. The topological polar surface area (TPSA) is 103 Å². The van der Waals surface area contributed by atoms with Crippen molar-refractivity contribution in [2.75, 3.05) is 0 Å². The monoisotopic (exact) mass is 642 g/mol. The van der Waals surface area contributed by atoms with E-state index in [1.54, 1.807) is 37.2 Å². The van der Waals surface area contributed by atoms with E-state index in [2.05, 4.69) is 80.6 Å². The van der Waals surface area contributed by atoms with E-state index in [9.17, 15) is 0 Å². The van der Waals surface area contributed by atoms with Gasteiger partial charge in [-0.3, -0.25) is 19.9 Å². The van der Waals surface area contributed by atoms with Gasteiger partial charge in [0.1, 0.15) is 22.8 Å². The summed E-state index contributed by atoms with van der Waals surface area (Å²) in [5.41, 5.74) is 10.6. The number of benzene rings is 5. The molecule has 0 atom stereocenters. The summed E-state index contributed by atoms with van der Waals surface area (Å²) >= 11 is 0. The Hall–Kier alpha value is -7.06. The number of nitrogens with zero attached hydrogens (tertiary/aromatic N) is 8. The van der Waals surface area contributed by atoms with E-state index in [1.165, 1.54) is 0 Å². The minimum Gasteiger partial charge on any atom is -0.261 e. The molecule has 4 heterocycles. The Morgan fingerprint density at radius 3 is 1.22 bits per heavy atom. The Morgan fingerprint density at radius 2 is 0.780 bits per heavy atom. The lowest BCUT2D eigenvalue weighted by molar-refractivity contribution is 1.16. The summed E-state index contributed by atoms with van der Waals surface area (Å²) in [5, 5.41) is 1.80. The predicted molar refractivity (Wildman–Crippen MR) is 196 cm³/mol. The summed E-state index contributed by atoms with van der Waals surface area (Å²) in [5.74, 6) is 1.29. The van der Waals surface area contributed by atoms with Crippen molar-refractivity contribution in [3.8, 4) is 67.8 Å². The summed E-state index contributed by atoms with van der Waals surface area (Å²) in [6, 6.07) is 41.1. The van der Waals surface area contributed by atoms with Gasteiger partial charge >= 0.3 is 0 Å². The van der Waals surface area contributed by atoms with Crippen molar-refractivity contribution in [3.05, 3.63) is 159 Å². The minimum atomic E-state index is 0.644. The fourth-order valence-corrected chi connectivity index (χ4v) is 6.16. The fourth-order valence-electron chi connectivity index (χ4n) is 6.16. The van der Waals surface area contributed by atoms with Crippen molar-refractivity contribution < 1.29 is 0 Å². The first kappa shape index (κ1) is 29.1. The van der Waals surface area contributed by atoms with Crippen LogP contribution in [0.3, 0.4) is 0 Å². The van der Waals surface area contributed by atoms with Crippen LogP contribution in [0, 0.1) is 0 Å². The summed E-state index contributed by atoms with van der Waals surface area (Å²) < 4.78 is 0. The largest absolute Gasteiger partial charge is 0.261 e. The molecule has 0 N–H and O–H groups in total. The van der Waals surface area contributed by atoms with Gasteiger partial charge in [-0.2, -0.15) is 0 Å². The van der Waals surface area contributed by atoms with Crippen LogP contribution in [-0.4, -0.2) is 39.9 Å². The Bertz CT molecular complexity index is 2450. The molecular weight excluding hydrogens is 617 g/mol. The predicted octanol–water partition coefficient (Wildman–Crippen LogP) is 9.15. The average Bonchev–Trinajstić information content (AvgIpc) is 3.21. The third kappa shape index (κ3) is 5.50. The van der Waals surface area contributed by atoms with E-state index >= 15 is 0 Å². The minimum absolute atomic E-state index is 0.644. The van der Waals surface area contributed by atoms with Gasteiger partial charge in [0.05, 0.1) is 23.4 Å². The van der Waals surface area contributed by atoms with Crippen LogP contribution in [0.4, 0.5) is 0 Å². The van der Waals surface area contributed by atoms with Gasteiger partial charge in [0, 0.05) is 46.7 Å². The summed E-state index contributed by atoms with van der Waals surface area (Å²) in [4.78, 5) is 37.7. The molecule has 8 nitrogen and oxygen atoms in total. The molecule has 0 radical (unpaired) electrons. The van der Waals surface area contributed by atoms with Gasteiger partial charge in [-0.25, -0.2) is 19.9 Å². The molecule has 0 bridgehead atoms. The number of hydrogen-bond acceptors (Lipinski definition) is 8. The smallest absolute Gasteiger partial charge is 0.160 e. The Morgan fingerprint density at radius 1 is 0.340 bits per heavy atom. The maximum absolute atomic E-state index is 4.99. The maximum atomic E-state index is 4.99. The van der Waals surface area contributed by atoms with E-state index in [-0.39, 0.29) is 0 Å². The van der Waals surface area contributed by atoms with E-state index in [1.807, 2.05) is 60.7 Å². The van der Waals surface area contributed by atoms with Crippen LogP contribution in [0.1, 0.15) is 0 Å². The second-order valence-corrected chi connectivity index (χ2v) is 11.7. The van der Waals surface area contributed by atoms with Crippen LogP contribution in [0.25, 0.3) is 89.6 Å². The van der Waals surface area contributed by atoms with Crippen molar-refractivity contribution in [2.45, 2.75) is 0 Å². The molecule has 234 valence electrons. The number of rotatable bonds is 6. The first-order chi connectivity index (χ1) is 24.8. The first-order valence-electron chi connectivity index (χ1n) is 16.1. The highest BCUT2D eigenvalue weighted by molar-refractivity contribution is 5.97. The van der Waals surface area contributed by atoms with E-state index in [0.717, 1.165) is 66.6 Å². The van der Waals surface area contributed by atoms with Crippen molar-refractivity contribution >= 4 is 21.8 Å². The lowest BCUT2D eigenvalue weighted by atomic mass is 9.96. The van der Waals surface area contributed by atoms with Crippen molar-refractivity contribution in [1.29, 1.82) is 0 Å². The van der Waals surface area contributed by atoms with Crippen LogP contribution in [0.15, 0.2) is 159 Å². The Kier molecular flexibility index (Phi) is 7.29.